The van der Waals surface area contributed by atoms with Crippen molar-refractivity contribution in [2.24, 2.45) is 0 Å². The van der Waals surface area contributed by atoms with Crippen LogP contribution in [0.1, 0.15) is 12.8 Å². The van der Waals surface area contributed by atoms with Crippen LogP contribution in [0.15, 0.2) is 23.0 Å². The van der Waals surface area contributed by atoms with E-state index in [1.54, 1.807) is 6.07 Å². The molecule has 0 radical (unpaired) electrons. The second kappa shape index (κ2) is 7.10. The van der Waals surface area contributed by atoms with Crippen molar-refractivity contribution in [3.63, 3.8) is 0 Å². The molecule has 6 nitrogen and oxygen atoms in total. The molecule has 2 atom stereocenters. The Morgan fingerprint density at radius 1 is 1.67 bits per heavy atom. The van der Waals surface area contributed by atoms with Gasteiger partial charge in [0.25, 0.3) is 0 Å². The van der Waals surface area contributed by atoms with Crippen LogP contribution in [0.2, 0.25) is 0 Å². The fourth-order valence-corrected chi connectivity index (χ4v) is 2.63. The number of anilines is 1. The molecule has 18 heavy (non-hydrogen) atoms. The van der Waals surface area contributed by atoms with Crippen LogP contribution in [-0.4, -0.2) is 44.3 Å². The van der Waals surface area contributed by atoms with Crippen LogP contribution in [0.5, 0.6) is 0 Å². The van der Waals surface area contributed by atoms with E-state index in [0.29, 0.717) is 5.69 Å². The number of hydrogen-bond donors (Lipinski definition) is 1. The number of furan rings is 1. The standard InChI is InChI=1S/C10H17N3O3S.ClH/c1-12-5-2-3-10(7-12)13(17(14)15)11-9-4-6-16-8-9;/h4,6,8,10-11H,2-3,5,7H2,1H3,(H,14,15);1H/p-1. The number of hydrogen-bond acceptors (Lipinski definition) is 5. The zero-order valence-electron chi connectivity index (χ0n) is 10.1. The first-order valence-electron chi connectivity index (χ1n) is 5.53. The molecule has 0 spiro atoms. The Balaban J connectivity index is 0.00000162. The van der Waals surface area contributed by atoms with E-state index in [-0.39, 0.29) is 18.4 Å². The molecule has 1 aromatic heterocycles. The number of nitrogens with one attached hydrogen (secondary N) is 1. The third-order valence-corrected chi connectivity index (χ3v) is 3.56. The van der Waals surface area contributed by atoms with Gasteiger partial charge in [0.1, 0.15) is 6.26 Å². The molecule has 8 heteroatoms. The minimum Gasteiger partial charge on any atom is -0.758 e. The summed E-state index contributed by atoms with van der Waals surface area (Å²) in [6.45, 7) is 1.75. The van der Waals surface area contributed by atoms with Crippen molar-refractivity contribution >= 4 is 29.4 Å². The molecule has 1 N–H and O–H groups in total. The van der Waals surface area contributed by atoms with Gasteiger partial charge in [-0.1, -0.05) is 0 Å². The molecule has 2 unspecified atom stereocenters. The Kier molecular flexibility index (Phi) is 6.10. The predicted octanol–water partition coefficient (Wildman–Crippen LogP) is 1.22. The van der Waals surface area contributed by atoms with Gasteiger partial charge in [0.2, 0.25) is 0 Å². The van der Waals surface area contributed by atoms with Gasteiger partial charge in [-0.3, -0.25) is 4.21 Å². The predicted molar refractivity (Wildman–Crippen MR) is 70.9 cm³/mol. The van der Waals surface area contributed by atoms with E-state index >= 15 is 0 Å². The minimum absolute atomic E-state index is 0. The number of nitrogens with zero attached hydrogens (tertiary/aromatic N) is 2. The van der Waals surface area contributed by atoms with E-state index in [9.17, 15) is 8.76 Å². The lowest BCUT2D eigenvalue weighted by atomic mass is 10.1. The molecule has 2 rings (SSSR count). The quantitative estimate of drug-likeness (QED) is 0.668. The van der Waals surface area contributed by atoms with Gasteiger partial charge in [-0.25, -0.2) is 0 Å². The van der Waals surface area contributed by atoms with E-state index in [1.165, 1.54) is 16.9 Å². The lowest BCUT2D eigenvalue weighted by molar-refractivity contribution is 0.184. The highest BCUT2D eigenvalue weighted by Crippen LogP contribution is 2.18. The third kappa shape index (κ3) is 3.96. The van der Waals surface area contributed by atoms with Crippen molar-refractivity contribution in [3.05, 3.63) is 18.6 Å². The molecule has 0 amide bonds. The van der Waals surface area contributed by atoms with Crippen LogP contribution in [0, 0.1) is 0 Å². The maximum Gasteiger partial charge on any atom is 0.115 e. The zero-order chi connectivity index (χ0) is 12.3. The Morgan fingerprint density at radius 2 is 2.44 bits per heavy atom. The van der Waals surface area contributed by atoms with Gasteiger partial charge >= 0.3 is 0 Å². The molecule has 1 aliphatic heterocycles. The first-order valence-corrected chi connectivity index (χ1v) is 6.56. The average Bonchev–Trinajstić information content (AvgIpc) is 2.78. The van der Waals surface area contributed by atoms with Crippen molar-refractivity contribution in [2.45, 2.75) is 18.9 Å². The fourth-order valence-electron chi connectivity index (χ4n) is 2.04. The monoisotopic (exact) mass is 294 g/mol. The summed E-state index contributed by atoms with van der Waals surface area (Å²) in [5, 5.41) is 0. The summed E-state index contributed by atoms with van der Waals surface area (Å²) < 4.78 is 28.7. The number of halogens is 1. The average molecular weight is 295 g/mol. The molecule has 104 valence electrons. The second-order valence-corrected chi connectivity index (χ2v) is 5.05. The molecular weight excluding hydrogens is 278 g/mol. The number of likely N-dealkylation sites (tertiary alicyclic amines) is 1. The molecule has 0 aliphatic carbocycles. The summed E-state index contributed by atoms with van der Waals surface area (Å²) in [6.07, 6.45) is 4.85. The van der Waals surface area contributed by atoms with Gasteiger partial charge in [-0.2, -0.15) is 0 Å². The van der Waals surface area contributed by atoms with E-state index in [4.69, 9.17) is 4.42 Å². The van der Waals surface area contributed by atoms with Crippen LogP contribution in [-0.2, 0) is 11.3 Å². The van der Waals surface area contributed by atoms with Crippen molar-refractivity contribution in [1.29, 1.82) is 0 Å². The summed E-state index contributed by atoms with van der Waals surface area (Å²) in [6, 6.07) is 1.65. The molecular formula is C10H17ClN3O3S-. The molecule has 0 bridgehead atoms. The first-order chi connectivity index (χ1) is 8.16. The molecule has 1 aliphatic rings. The van der Waals surface area contributed by atoms with Crippen LogP contribution in [0.4, 0.5) is 5.69 Å². The molecule has 2 heterocycles. The maximum absolute atomic E-state index is 11.2. The number of likely N-dealkylation sites (N-methyl/N-ethyl adjacent to an activating group) is 1. The first kappa shape index (κ1) is 15.5. The van der Waals surface area contributed by atoms with Gasteiger partial charge in [0.15, 0.2) is 0 Å². The topological polar surface area (TPSA) is 71.8 Å². The lowest BCUT2D eigenvalue weighted by Crippen LogP contribution is -2.49. The maximum atomic E-state index is 11.2. The highest BCUT2D eigenvalue weighted by Gasteiger charge is 2.24. The normalized spacial score (nSPS) is 22.5. The Bertz CT molecular complexity index is 376. The highest BCUT2D eigenvalue weighted by molar-refractivity contribution is 7.76. The van der Waals surface area contributed by atoms with Gasteiger partial charge in [0.05, 0.1) is 18.0 Å². The largest absolute Gasteiger partial charge is 0.758 e. The summed E-state index contributed by atoms with van der Waals surface area (Å²) in [5.41, 5.74) is 3.49. The Hall–Kier alpha value is -0.600. The highest BCUT2D eigenvalue weighted by atomic mass is 35.5. The van der Waals surface area contributed by atoms with Crippen LogP contribution >= 0.6 is 12.4 Å². The molecule has 0 saturated carbocycles. The zero-order valence-corrected chi connectivity index (χ0v) is 11.7. The van der Waals surface area contributed by atoms with Crippen LogP contribution in [0.25, 0.3) is 0 Å². The molecule has 1 saturated heterocycles. The van der Waals surface area contributed by atoms with E-state index in [2.05, 4.69) is 10.3 Å². The van der Waals surface area contributed by atoms with Crippen LogP contribution in [0.3, 0.4) is 0 Å². The van der Waals surface area contributed by atoms with Crippen molar-refractivity contribution in [3.8, 4) is 0 Å². The van der Waals surface area contributed by atoms with Crippen molar-refractivity contribution in [2.75, 3.05) is 25.6 Å². The summed E-state index contributed by atoms with van der Waals surface area (Å²) >= 11 is -2.30. The fraction of sp³-hybridized carbons (Fsp3) is 0.600. The summed E-state index contributed by atoms with van der Waals surface area (Å²) in [5.74, 6) is 0. The number of rotatable bonds is 4. The Morgan fingerprint density at radius 3 is 3.00 bits per heavy atom. The Labute approximate surface area is 115 Å². The lowest BCUT2D eigenvalue weighted by Gasteiger charge is -2.38. The van der Waals surface area contributed by atoms with E-state index in [0.717, 1.165) is 25.9 Å². The van der Waals surface area contributed by atoms with Crippen molar-refractivity contribution < 1.29 is 13.2 Å². The minimum atomic E-state index is -2.30. The van der Waals surface area contributed by atoms with Gasteiger partial charge in [-0.05, 0) is 26.4 Å². The second-order valence-electron chi connectivity index (χ2n) is 4.23. The molecule has 1 aromatic rings. The SMILES string of the molecule is CN1CCCC(N(Nc2ccoc2)S(=O)[O-])C1.Cl. The van der Waals surface area contributed by atoms with Gasteiger partial charge in [0, 0.05) is 23.9 Å². The smallest absolute Gasteiger partial charge is 0.115 e. The number of piperidine rings is 1. The van der Waals surface area contributed by atoms with E-state index in [1.807, 2.05) is 7.05 Å². The molecule has 0 aromatic carbocycles. The van der Waals surface area contributed by atoms with Gasteiger partial charge < -0.3 is 19.3 Å². The number of hydrazine groups is 1. The van der Waals surface area contributed by atoms with Gasteiger partial charge in [-0.15, -0.1) is 16.8 Å². The van der Waals surface area contributed by atoms with Crippen LogP contribution < -0.4 is 5.43 Å². The van der Waals surface area contributed by atoms with Crippen molar-refractivity contribution in [1.82, 2.24) is 9.31 Å². The summed E-state index contributed by atoms with van der Waals surface area (Å²) in [7, 11) is 2.00. The third-order valence-electron chi connectivity index (χ3n) is 2.85. The molecule has 1 fully saturated rings. The van der Waals surface area contributed by atoms with E-state index < -0.39 is 11.3 Å². The summed E-state index contributed by atoms with van der Waals surface area (Å²) in [4.78, 5) is 2.13.